The zero-order valence-electron chi connectivity index (χ0n) is 8.29. The van der Waals surface area contributed by atoms with E-state index in [9.17, 15) is 0 Å². The summed E-state index contributed by atoms with van der Waals surface area (Å²) in [7, 11) is 1.56. The maximum absolute atomic E-state index is 5.97. The fourth-order valence-corrected chi connectivity index (χ4v) is 1.28. The molecule has 1 rings (SSSR count). The minimum Gasteiger partial charge on any atom is -0.466 e. The molecule has 0 spiro atoms. The Morgan fingerprint density at radius 3 is 2.71 bits per heavy atom. The van der Waals surface area contributed by atoms with Gasteiger partial charge in [0, 0.05) is 13.2 Å². The summed E-state index contributed by atoms with van der Waals surface area (Å²) in [5.74, 6) is 0.609. The van der Waals surface area contributed by atoms with Crippen LogP contribution in [0.5, 0.6) is 5.75 Å². The second kappa shape index (κ2) is 5.20. The Labute approximate surface area is 88.8 Å². The van der Waals surface area contributed by atoms with Crippen molar-refractivity contribution in [2.24, 2.45) is 5.73 Å². The van der Waals surface area contributed by atoms with Gasteiger partial charge in [-0.1, -0.05) is 17.7 Å². The summed E-state index contributed by atoms with van der Waals surface area (Å²) in [6, 6.07) is 5.46. The Morgan fingerprint density at radius 1 is 1.50 bits per heavy atom. The molecule has 78 valence electrons. The fraction of sp³-hybridized carbons (Fsp3) is 0.400. The smallest absolute Gasteiger partial charge is 0.188 e. The number of methoxy groups -OCH3 is 1. The fourth-order valence-electron chi connectivity index (χ4n) is 1.04. The predicted octanol–water partition coefficient (Wildman–Crippen LogP) is 2.34. The molecule has 0 aromatic heterocycles. The van der Waals surface area contributed by atoms with Gasteiger partial charge in [-0.05, 0) is 24.6 Å². The summed E-state index contributed by atoms with van der Waals surface area (Å²) in [6.07, 6.45) is 0. The van der Waals surface area contributed by atoms with E-state index in [1.165, 1.54) is 0 Å². The molecule has 1 atom stereocenters. The van der Waals surface area contributed by atoms with E-state index in [0.717, 1.165) is 5.56 Å². The molecule has 0 aliphatic heterocycles. The van der Waals surface area contributed by atoms with Crippen LogP contribution in [0.25, 0.3) is 0 Å². The lowest BCUT2D eigenvalue weighted by atomic mass is 10.1. The molecule has 0 saturated heterocycles. The van der Waals surface area contributed by atoms with E-state index in [2.05, 4.69) is 0 Å². The van der Waals surface area contributed by atoms with Gasteiger partial charge in [0.1, 0.15) is 5.75 Å². The Morgan fingerprint density at radius 2 is 2.21 bits per heavy atom. The number of benzene rings is 1. The number of hydrogen-bond acceptors (Lipinski definition) is 3. The molecule has 14 heavy (non-hydrogen) atoms. The standard InChI is InChI=1S/C10H14ClNO2/c1-7(12)8-3-4-10(9(11)5-8)14-6-13-2/h3-5,7H,6,12H2,1-2H3/t7-/m1/s1. The molecule has 1 aromatic carbocycles. The van der Waals surface area contributed by atoms with Gasteiger partial charge in [0.05, 0.1) is 5.02 Å². The molecule has 0 saturated carbocycles. The summed E-state index contributed by atoms with van der Waals surface area (Å²) < 4.78 is 10.00. The molecule has 0 unspecified atom stereocenters. The Bertz CT molecular complexity index is 302. The molecule has 4 heteroatoms. The van der Waals surface area contributed by atoms with Crippen molar-refractivity contribution in [1.82, 2.24) is 0 Å². The quantitative estimate of drug-likeness (QED) is 0.785. The molecule has 0 radical (unpaired) electrons. The molecule has 0 amide bonds. The van der Waals surface area contributed by atoms with Crippen LogP contribution in [0.15, 0.2) is 18.2 Å². The molecular weight excluding hydrogens is 202 g/mol. The monoisotopic (exact) mass is 215 g/mol. The average molecular weight is 216 g/mol. The van der Waals surface area contributed by atoms with Gasteiger partial charge in [0.25, 0.3) is 0 Å². The van der Waals surface area contributed by atoms with Crippen molar-refractivity contribution in [3.8, 4) is 5.75 Å². The number of rotatable bonds is 4. The van der Waals surface area contributed by atoms with Crippen molar-refractivity contribution < 1.29 is 9.47 Å². The molecule has 3 nitrogen and oxygen atoms in total. The lowest BCUT2D eigenvalue weighted by molar-refractivity contribution is 0.0512. The van der Waals surface area contributed by atoms with Crippen LogP contribution in [-0.4, -0.2) is 13.9 Å². The highest BCUT2D eigenvalue weighted by atomic mass is 35.5. The van der Waals surface area contributed by atoms with Gasteiger partial charge in [-0.2, -0.15) is 0 Å². The summed E-state index contributed by atoms with van der Waals surface area (Å²) in [4.78, 5) is 0. The van der Waals surface area contributed by atoms with Crippen LogP contribution in [-0.2, 0) is 4.74 Å². The zero-order valence-corrected chi connectivity index (χ0v) is 9.04. The first-order chi connectivity index (χ1) is 6.65. The van der Waals surface area contributed by atoms with Gasteiger partial charge < -0.3 is 15.2 Å². The average Bonchev–Trinajstić information content (AvgIpc) is 2.15. The van der Waals surface area contributed by atoms with Gasteiger partial charge in [0.2, 0.25) is 0 Å². The summed E-state index contributed by atoms with van der Waals surface area (Å²) in [5, 5.41) is 0.553. The topological polar surface area (TPSA) is 44.5 Å². The molecule has 2 N–H and O–H groups in total. The highest BCUT2D eigenvalue weighted by Gasteiger charge is 2.05. The Kier molecular flexibility index (Phi) is 4.20. The van der Waals surface area contributed by atoms with Crippen molar-refractivity contribution >= 4 is 11.6 Å². The molecular formula is C10H14ClNO2. The summed E-state index contributed by atoms with van der Waals surface area (Å²) in [6.45, 7) is 2.10. The summed E-state index contributed by atoms with van der Waals surface area (Å²) >= 11 is 5.97. The maximum Gasteiger partial charge on any atom is 0.188 e. The highest BCUT2D eigenvalue weighted by Crippen LogP contribution is 2.27. The number of halogens is 1. The first-order valence-corrected chi connectivity index (χ1v) is 4.69. The van der Waals surface area contributed by atoms with E-state index in [0.29, 0.717) is 10.8 Å². The minimum absolute atomic E-state index is 0.0241. The Hall–Kier alpha value is -0.770. The van der Waals surface area contributed by atoms with E-state index >= 15 is 0 Å². The van der Waals surface area contributed by atoms with Crippen molar-refractivity contribution in [1.29, 1.82) is 0 Å². The number of nitrogens with two attached hydrogens (primary N) is 1. The molecule has 0 fully saturated rings. The normalized spacial score (nSPS) is 12.6. The predicted molar refractivity (Wildman–Crippen MR) is 56.6 cm³/mol. The molecule has 0 aliphatic rings. The summed E-state index contributed by atoms with van der Waals surface area (Å²) in [5.41, 5.74) is 6.69. The van der Waals surface area contributed by atoms with Gasteiger partial charge in [0.15, 0.2) is 6.79 Å². The largest absolute Gasteiger partial charge is 0.466 e. The Balaban J connectivity index is 2.79. The third-order valence-corrected chi connectivity index (χ3v) is 2.11. The van der Waals surface area contributed by atoms with Crippen LogP contribution < -0.4 is 10.5 Å². The lowest BCUT2D eigenvalue weighted by Gasteiger charge is -2.10. The maximum atomic E-state index is 5.97. The van der Waals surface area contributed by atoms with Crippen LogP contribution in [0.1, 0.15) is 18.5 Å². The van der Waals surface area contributed by atoms with Gasteiger partial charge in [-0.15, -0.1) is 0 Å². The van der Waals surface area contributed by atoms with Crippen molar-refractivity contribution in [2.75, 3.05) is 13.9 Å². The highest BCUT2D eigenvalue weighted by molar-refractivity contribution is 6.32. The van der Waals surface area contributed by atoms with Gasteiger partial charge in [-0.3, -0.25) is 0 Å². The second-order valence-corrected chi connectivity index (χ2v) is 3.44. The number of ether oxygens (including phenoxy) is 2. The SMILES string of the molecule is COCOc1ccc([C@@H](C)N)cc1Cl. The second-order valence-electron chi connectivity index (χ2n) is 3.03. The third kappa shape index (κ3) is 2.87. The van der Waals surface area contributed by atoms with E-state index in [-0.39, 0.29) is 12.8 Å². The molecule has 0 heterocycles. The van der Waals surface area contributed by atoms with Crippen LogP contribution in [0.3, 0.4) is 0 Å². The van der Waals surface area contributed by atoms with E-state index < -0.39 is 0 Å². The third-order valence-electron chi connectivity index (χ3n) is 1.81. The van der Waals surface area contributed by atoms with E-state index in [4.69, 9.17) is 26.8 Å². The van der Waals surface area contributed by atoms with Crippen molar-refractivity contribution in [2.45, 2.75) is 13.0 Å². The zero-order chi connectivity index (χ0) is 10.6. The van der Waals surface area contributed by atoms with Crippen LogP contribution >= 0.6 is 11.6 Å². The number of hydrogen-bond donors (Lipinski definition) is 1. The van der Waals surface area contributed by atoms with Crippen LogP contribution in [0.2, 0.25) is 5.02 Å². The molecule has 1 aromatic rings. The van der Waals surface area contributed by atoms with E-state index in [1.807, 2.05) is 13.0 Å². The van der Waals surface area contributed by atoms with Crippen molar-refractivity contribution in [3.05, 3.63) is 28.8 Å². The lowest BCUT2D eigenvalue weighted by Crippen LogP contribution is -2.05. The first-order valence-electron chi connectivity index (χ1n) is 4.32. The van der Waals surface area contributed by atoms with Crippen LogP contribution in [0, 0.1) is 0 Å². The first kappa shape index (κ1) is 11.3. The van der Waals surface area contributed by atoms with Crippen LogP contribution in [0.4, 0.5) is 0 Å². The molecule has 0 aliphatic carbocycles. The van der Waals surface area contributed by atoms with Gasteiger partial charge >= 0.3 is 0 Å². The molecule has 0 bridgehead atoms. The van der Waals surface area contributed by atoms with Crippen molar-refractivity contribution in [3.63, 3.8) is 0 Å². The minimum atomic E-state index is -0.0241. The van der Waals surface area contributed by atoms with E-state index in [1.54, 1.807) is 19.2 Å². The van der Waals surface area contributed by atoms with Gasteiger partial charge in [-0.25, -0.2) is 0 Å².